The van der Waals surface area contributed by atoms with E-state index in [4.69, 9.17) is 4.74 Å². The third kappa shape index (κ3) is 4.88. The van der Waals surface area contributed by atoms with E-state index < -0.39 is 4.92 Å². The topological polar surface area (TPSA) is 85.0 Å². The van der Waals surface area contributed by atoms with Gasteiger partial charge in [0.25, 0.3) is 5.91 Å². The molecule has 1 fully saturated rings. The van der Waals surface area contributed by atoms with Gasteiger partial charge in [-0.25, -0.2) is 4.99 Å². The van der Waals surface area contributed by atoms with Crippen LogP contribution in [0, 0.1) is 17.0 Å². The number of rotatable bonds is 7. The molecule has 2 aromatic carbocycles. The Balaban J connectivity index is 1.95. The van der Waals surface area contributed by atoms with Crippen LogP contribution in [0.3, 0.4) is 0 Å². The lowest BCUT2D eigenvalue weighted by Gasteiger charge is -2.14. The molecule has 0 radical (unpaired) electrons. The molecule has 0 aromatic heterocycles. The number of hydrogen-bond donors (Lipinski definition) is 0. The van der Waals surface area contributed by atoms with E-state index in [2.05, 4.69) is 11.9 Å². The molecule has 1 saturated heterocycles. The summed E-state index contributed by atoms with van der Waals surface area (Å²) < 4.78 is 5.04. The van der Waals surface area contributed by atoms with Crippen LogP contribution in [0.15, 0.2) is 52.4 Å². The molecular weight excluding hydrogens is 402 g/mol. The van der Waals surface area contributed by atoms with Gasteiger partial charge < -0.3 is 4.74 Å². The molecule has 0 saturated carbocycles. The number of carbonyl (C=O) groups is 1. The van der Waals surface area contributed by atoms with Gasteiger partial charge in [0.15, 0.2) is 10.9 Å². The Hall–Kier alpha value is -3.13. The maximum atomic E-state index is 13.0. The van der Waals surface area contributed by atoms with E-state index in [-0.39, 0.29) is 17.3 Å². The van der Waals surface area contributed by atoms with Gasteiger partial charge in [-0.05, 0) is 54.9 Å². The minimum absolute atomic E-state index is 0.140. The first kappa shape index (κ1) is 21.6. The standard InChI is InChI=1S/C22H23N3O4S/c1-4-5-12-24-21(26)20(30-22(24)23-17-9-6-15(2)7-10-17)14-16-8-11-19(29-3)18(13-16)25(27)28/h6-11,13-14H,4-5,12H2,1-3H3/b20-14+,23-22?. The second-order valence-electron chi connectivity index (χ2n) is 6.84. The fraction of sp³-hybridized carbons (Fsp3) is 0.273. The van der Waals surface area contributed by atoms with Crippen LogP contribution in [0.25, 0.3) is 6.08 Å². The summed E-state index contributed by atoms with van der Waals surface area (Å²) in [6.07, 6.45) is 3.48. The van der Waals surface area contributed by atoms with Gasteiger partial charge in [0, 0.05) is 12.6 Å². The summed E-state index contributed by atoms with van der Waals surface area (Å²) in [6, 6.07) is 12.4. The number of hydrogen-bond acceptors (Lipinski definition) is 6. The summed E-state index contributed by atoms with van der Waals surface area (Å²) in [5.74, 6) is 0.0385. The quantitative estimate of drug-likeness (QED) is 0.341. The van der Waals surface area contributed by atoms with E-state index in [1.54, 1.807) is 17.0 Å². The zero-order chi connectivity index (χ0) is 21.7. The van der Waals surface area contributed by atoms with E-state index in [9.17, 15) is 14.9 Å². The van der Waals surface area contributed by atoms with Gasteiger partial charge in [0.2, 0.25) is 0 Å². The Morgan fingerprint density at radius 2 is 1.97 bits per heavy atom. The number of ether oxygens (including phenoxy) is 1. The van der Waals surface area contributed by atoms with Crippen LogP contribution in [0.1, 0.15) is 30.9 Å². The van der Waals surface area contributed by atoms with Gasteiger partial charge in [-0.1, -0.05) is 37.1 Å². The smallest absolute Gasteiger partial charge is 0.311 e. The molecule has 7 nitrogen and oxygen atoms in total. The summed E-state index contributed by atoms with van der Waals surface area (Å²) in [4.78, 5) is 30.6. The number of aryl methyl sites for hydroxylation is 1. The Morgan fingerprint density at radius 3 is 2.60 bits per heavy atom. The molecule has 0 atom stereocenters. The third-order valence-corrected chi connectivity index (χ3v) is 5.59. The molecule has 3 rings (SSSR count). The molecule has 0 spiro atoms. The van der Waals surface area contributed by atoms with E-state index >= 15 is 0 Å². The number of amidine groups is 1. The van der Waals surface area contributed by atoms with Crippen molar-refractivity contribution in [3.05, 3.63) is 68.6 Å². The van der Waals surface area contributed by atoms with Crippen LogP contribution >= 0.6 is 11.8 Å². The van der Waals surface area contributed by atoms with Crippen molar-refractivity contribution < 1.29 is 14.5 Å². The molecular formula is C22H23N3O4S. The molecule has 0 bridgehead atoms. The highest BCUT2D eigenvalue weighted by molar-refractivity contribution is 8.18. The van der Waals surface area contributed by atoms with E-state index in [0.29, 0.717) is 22.2 Å². The van der Waals surface area contributed by atoms with Crippen molar-refractivity contribution in [3.8, 4) is 5.75 Å². The minimum Gasteiger partial charge on any atom is -0.490 e. The van der Waals surface area contributed by atoms with Crippen molar-refractivity contribution in [3.63, 3.8) is 0 Å². The first-order valence-corrected chi connectivity index (χ1v) is 10.4. The van der Waals surface area contributed by atoms with Crippen molar-refractivity contribution in [2.24, 2.45) is 4.99 Å². The molecule has 8 heteroatoms. The zero-order valence-corrected chi connectivity index (χ0v) is 17.9. The van der Waals surface area contributed by atoms with E-state index in [1.807, 2.05) is 31.2 Å². The third-order valence-electron chi connectivity index (χ3n) is 4.58. The largest absolute Gasteiger partial charge is 0.490 e. The highest BCUT2D eigenvalue weighted by Gasteiger charge is 2.33. The van der Waals surface area contributed by atoms with Crippen molar-refractivity contribution in [1.82, 2.24) is 4.90 Å². The summed E-state index contributed by atoms with van der Waals surface area (Å²) >= 11 is 1.28. The molecule has 1 aliphatic heterocycles. The lowest BCUT2D eigenvalue weighted by atomic mass is 10.1. The second-order valence-corrected chi connectivity index (χ2v) is 7.85. The van der Waals surface area contributed by atoms with Crippen LogP contribution in [0.5, 0.6) is 5.75 Å². The van der Waals surface area contributed by atoms with E-state index in [0.717, 1.165) is 24.1 Å². The van der Waals surface area contributed by atoms with Crippen LogP contribution in [-0.2, 0) is 4.79 Å². The van der Waals surface area contributed by atoms with Gasteiger partial charge in [0.05, 0.1) is 22.6 Å². The lowest BCUT2D eigenvalue weighted by Crippen LogP contribution is -2.30. The molecule has 1 heterocycles. The Morgan fingerprint density at radius 1 is 1.23 bits per heavy atom. The number of carbonyl (C=O) groups excluding carboxylic acids is 1. The molecule has 30 heavy (non-hydrogen) atoms. The van der Waals surface area contributed by atoms with Gasteiger partial charge in [-0.15, -0.1) is 0 Å². The van der Waals surface area contributed by atoms with Gasteiger partial charge in [-0.2, -0.15) is 0 Å². The highest BCUT2D eigenvalue weighted by atomic mass is 32.2. The number of benzene rings is 2. The lowest BCUT2D eigenvalue weighted by molar-refractivity contribution is -0.385. The summed E-state index contributed by atoms with van der Waals surface area (Å²) in [5, 5.41) is 11.9. The van der Waals surface area contributed by atoms with Gasteiger partial charge in [0.1, 0.15) is 0 Å². The van der Waals surface area contributed by atoms with Crippen molar-refractivity contribution in [2.45, 2.75) is 26.7 Å². The molecule has 156 valence electrons. The maximum Gasteiger partial charge on any atom is 0.311 e. The molecule has 1 aliphatic rings. The monoisotopic (exact) mass is 425 g/mol. The fourth-order valence-corrected chi connectivity index (χ4v) is 3.95. The second kappa shape index (κ2) is 9.58. The van der Waals surface area contributed by atoms with Gasteiger partial charge in [-0.3, -0.25) is 19.8 Å². The SMILES string of the molecule is CCCCN1C(=O)/C(=C\c2ccc(OC)c([N+](=O)[O-])c2)SC1=Nc1ccc(C)cc1. The fourth-order valence-electron chi connectivity index (χ4n) is 2.93. The van der Waals surface area contributed by atoms with Crippen molar-refractivity contribution in [1.29, 1.82) is 0 Å². The number of nitro groups is 1. The molecule has 0 N–H and O–H groups in total. The number of nitrogens with zero attached hydrogens (tertiary/aromatic N) is 3. The highest BCUT2D eigenvalue weighted by Crippen LogP contribution is 2.36. The number of amides is 1. The minimum atomic E-state index is -0.498. The first-order valence-electron chi connectivity index (χ1n) is 9.62. The molecule has 0 aliphatic carbocycles. The van der Waals surface area contributed by atoms with Crippen molar-refractivity contribution >= 4 is 40.3 Å². The van der Waals surface area contributed by atoms with Crippen LogP contribution in [-0.4, -0.2) is 34.6 Å². The maximum absolute atomic E-state index is 13.0. The predicted octanol–water partition coefficient (Wildman–Crippen LogP) is 5.32. The first-order chi connectivity index (χ1) is 14.4. The number of methoxy groups -OCH3 is 1. The summed E-state index contributed by atoms with van der Waals surface area (Å²) in [5.41, 5.74) is 2.33. The summed E-state index contributed by atoms with van der Waals surface area (Å²) in [6.45, 7) is 4.65. The number of aliphatic imine (C=N–C) groups is 1. The van der Waals surface area contributed by atoms with Gasteiger partial charge >= 0.3 is 5.69 Å². The molecule has 1 amide bonds. The molecule has 0 unspecified atom stereocenters. The predicted molar refractivity (Wildman–Crippen MR) is 120 cm³/mol. The molecule has 2 aromatic rings. The Kier molecular flexibility index (Phi) is 6.89. The average Bonchev–Trinajstić information content (AvgIpc) is 3.02. The number of unbranched alkanes of at least 4 members (excludes halogenated alkanes) is 1. The van der Waals surface area contributed by atoms with Crippen LogP contribution in [0.2, 0.25) is 0 Å². The zero-order valence-electron chi connectivity index (χ0n) is 17.1. The van der Waals surface area contributed by atoms with Crippen LogP contribution in [0.4, 0.5) is 11.4 Å². The van der Waals surface area contributed by atoms with E-state index in [1.165, 1.54) is 31.0 Å². The normalized spacial score (nSPS) is 16.5. The van der Waals surface area contributed by atoms with Crippen LogP contribution < -0.4 is 4.74 Å². The average molecular weight is 426 g/mol. The number of nitro benzene ring substituents is 1. The summed E-state index contributed by atoms with van der Waals surface area (Å²) in [7, 11) is 1.39. The Bertz CT molecular complexity index is 1020. The van der Waals surface area contributed by atoms with Crippen molar-refractivity contribution in [2.75, 3.05) is 13.7 Å². The Labute approximate surface area is 179 Å². The number of thioether (sulfide) groups is 1.